The van der Waals surface area contributed by atoms with E-state index in [9.17, 15) is 10.1 Å². The summed E-state index contributed by atoms with van der Waals surface area (Å²) < 4.78 is 5.21. The van der Waals surface area contributed by atoms with Crippen molar-refractivity contribution in [3.8, 4) is 23.1 Å². The third kappa shape index (κ3) is 4.04. The van der Waals surface area contributed by atoms with Crippen LogP contribution in [0, 0.1) is 18.3 Å². The summed E-state index contributed by atoms with van der Waals surface area (Å²) in [4.78, 5) is 23.2. The third-order valence-corrected chi connectivity index (χ3v) is 6.50. The third-order valence-electron chi connectivity index (χ3n) is 4.93. The smallest absolute Gasteiger partial charge is 0.258 e. The highest BCUT2D eigenvalue weighted by Crippen LogP contribution is 2.41. The Hall–Kier alpha value is -2.89. The molecule has 2 aromatic heterocycles. The van der Waals surface area contributed by atoms with Crippen LogP contribution in [-0.4, -0.2) is 29.2 Å². The number of anilines is 1. The van der Waals surface area contributed by atoms with Gasteiger partial charge >= 0.3 is 0 Å². The highest BCUT2D eigenvalue weighted by atomic mass is 32.2. The molecule has 0 atom stereocenters. The molecule has 1 aromatic carbocycles. The summed E-state index contributed by atoms with van der Waals surface area (Å²) in [6, 6.07) is 11.6. The molecule has 30 heavy (non-hydrogen) atoms. The topological polar surface area (TPSA) is 87.9 Å². The van der Waals surface area contributed by atoms with E-state index < -0.39 is 0 Å². The number of hydrogen-bond acceptors (Lipinski definition) is 7. The fraction of sp³-hybridized carbons (Fsp3) is 0.273. The molecule has 1 fully saturated rings. The Balaban J connectivity index is 1.63. The van der Waals surface area contributed by atoms with Crippen LogP contribution in [-0.2, 0) is 0 Å². The average molecular weight is 437 g/mol. The van der Waals surface area contributed by atoms with Crippen LogP contribution >= 0.6 is 23.1 Å². The zero-order valence-electron chi connectivity index (χ0n) is 16.9. The molecule has 1 amide bonds. The number of ether oxygens (including phenoxy) is 1. The van der Waals surface area contributed by atoms with E-state index in [1.165, 1.54) is 23.1 Å². The lowest BCUT2D eigenvalue weighted by molar-refractivity contribution is 0.102. The summed E-state index contributed by atoms with van der Waals surface area (Å²) in [7, 11) is 1.63. The Kier molecular flexibility index (Phi) is 5.75. The second-order valence-corrected chi connectivity index (χ2v) is 8.97. The Morgan fingerprint density at radius 2 is 2.03 bits per heavy atom. The van der Waals surface area contributed by atoms with E-state index in [0.29, 0.717) is 27.2 Å². The largest absolute Gasteiger partial charge is 0.497 e. The van der Waals surface area contributed by atoms with E-state index in [0.717, 1.165) is 40.4 Å². The van der Waals surface area contributed by atoms with Crippen LogP contribution in [0.3, 0.4) is 0 Å². The SMILES string of the molecule is COc1ccc(-c2nc(NC(=O)c3cc(C4CC4)nc(SC)c3C#N)sc2C)cc1. The van der Waals surface area contributed by atoms with Gasteiger partial charge in [0.1, 0.15) is 16.8 Å². The second kappa shape index (κ2) is 8.46. The van der Waals surface area contributed by atoms with E-state index in [-0.39, 0.29) is 5.91 Å². The number of carbonyl (C=O) groups excluding carboxylic acids is 1. The van der Waals surface area contributed by atoms with Gasteiger partial charge in [-0.05, 0) is 56.4 Å². The van der Waals surface area contributed by atoms with Gasteiger partial charge in [-0.2, -0.15) is 5.26 Å². The van der Waals surface area contributed by atoms with Crippen LogP contribution in [0.4, 0.5) is 5.13 Å². The standard InChI is InChI=1S/C22H20N4O2S2/c1-12-19(14-6-8-15(28-2)9-7-14)25-22(30-12)26-20(27)16-10-18(13-4-5-13)24-21(29-3)17(16)11-23/h6-10,13H,4-5H2,1-3H3,(H,25,26,27). The quantitative estimate of drug-likeness (QED) is 0.531. The van der Waals surface area contributed by atoms with Gasteiger partial charge in [-0.25, -0.2) is 9.97 Å². The minimum Gasteiger partial charge on any atom is -0.497 e. The number of pyridine rings is 1. The van der Waals surface area contributed by atoms with Gasteiger partial charge in [0.2, 0.25) is 0 Å². The Morgan fingerprint density at radius 1 is 1.30 bits per heavy atom. The van der Waals surface area contributed by atoms with E-state index in [2.05, 4.69) is 21.4 Å². The number of aryl methyl sites for hydroxylation is 1. The van der Waals surface area contributed by atoms with Gasteiger partial charge in [-0.1, -0.05) is 0 Å². The first-order valence-electron chi connectivity index (χ1n) is 9.46. The number of hydrogen-bond donors (Lipinski definition) is 1. The zero-order valence-corrected chi connectivity index (χ0v) is 18.5. The lowest BCUT2D eigenvalue weighted by Gasteiger charge is -2.10. The first kappa shape index (κ1) is 20.4. The van der Waals surface area contributed by atoms with Gasteiger partial charge in [-0.15, -0.1) is 23.1 Å². The van der Waals surface area contributed by atoms with Crippen molar-refractivity contribution in [2.75, 3.05) is 18.7 Å². The Labute approximate surface area is 183 Å². The van der Waals surface area contributed by atoms with Gasteiger partial charge in [0.05, 0.1) is 23.9 Å². The van der Waals surface area contributed by atoms with Crippen LogP contribution in [0.5, 0.6) is 5.75 Å². The molecule has 1 N–H and O–H groups in total. The number of nitrogens with one attached hydrogen (secondary N) is 1. The normalized spacial score (nSPS) is 13.0. The van der Waals surface area contributed by atoms with Crippen molar-refractivity contribution in [2.45, 2.75) is 30.7 Å². The molecule has 8 heteroatoms. The first-order chi connectivity index (χ1) is 14.5. The molecule has 1 aliphatic carbocycles. The molecule has 1 saturated carbocycles. The van der Waals surface area contributed by atoms with Crippen molar-refractivity contribution in [2.24, 2.45) is 0 Å². The number of thiazole rings is 1. The van der Waals surface area contributed by atoms with Gasteiger partial charge in [0.15, 0.2) is 5.13 Å². The molecule has 0 aliphatic heterocycles. The molecule has 2 heterocycles. The monoisotopic (exact) mass is 436 g/mol. The van der Waals surface area contributed by atoms with Crippen molar-refractivity contribution >= 4 is 34.1 Å². The molecule has 0 radical (unpaired) electrons. The van der Waals surface area contributed by atoms with E-state index in [1.807, 2.05) is 37.4 Å². The van der Waals surface area contributed by atoms with Crippen molar-refractivity contribution in [3.05, 3.63) is 52.0 Å². The first-order valence-corrected chi connectivity index (χ1v) is 11.5. The second-order valence-electron chi connectivity index (χ2n) is 6.97. The highest BCUT2D eigenvalue weighted by molar-refractivity contribution is 7.98. The summed E-state index contributed by atoms with van der Waals surface area (Å²) in [5.74, 6) is 0.832. The van der Waals surface area contributed by atoms with Gasteiger partial charge in [-0.3, -0.25) is 10.1 Å². The fourth-order valence-corrected chi connectivity index (χ4v) is 4.58. The lowest BCUT2D eigenvalue weighted by Crippen LogP contribution is -2.15. The molecular weight excluding hydrogens is 416 g/mol. The number of nitrogens with zero attached hydrogens (tertiary/aromatic N) is 3. The maximum atomic E-state index is 13.0. The molecule has 152 valence electrons. The van der Waals surface area contributed by atoms with Crippen LogP contribution in [0.25, 0.3) is 11.3 Å². The van der Waals surface area contributed by atoms with Gasteiger partial charge in [0, 0.05) is 22.1 Å². The molecule has 3 aromatic rings. The average Bonchev–Trinajstić information content (AvgIpc) is 3.56. The summed E-state index contributed by atoms with van der Waals surface area (Å²) in [5.41, 5.74) is 3.33. The van der Waals surface area contributed by atoms with Crippen LogP contribution in [0.1, 0.15) is 45.3 Å². The summed E-state index contributed by atoms with van der Waals surface area (Å²) in [5, 5.41) is 13.6. The number of carbonyl (C=O) groups is 1. The molecule has 4 rings (SSSR count). The predicted octanol–water partition coefficient (Wildman–Crippen LogP) is 5.25. The Morgan fingerprint density at radius 3 is 2.63 bits per heavy atom. The summed E-state index contributed by atoms with van der Waals surface area (Å²) in [6.45, 7) is 1.97. The molecule has 1 aliphatic rings. The number of benzene rings is 1. The number of nitriles is 1. The number of amides is 1. The van der Waals surface area contributed by atoms with E-state index >= 15 is 0 Å². The number of methoxy groups -OCH3 is 1. The van der Waals surface area contributed by atoms with Crippen molar-refractivity contribution in [1.29, 1.82) is 5.26 Å². The van der Waals surface area contributed by atoms with E-state index in [4.69, 9.17) is 4.74 Å². The molecule has 0 spiro atoms. The maximum Gasteiger partial charge on any atom is 0.258 e. The summed E-state index contributed by atoms with van der Waals surface area (Å²) in [6.07, 6.45) is 4.02. The van der Waals surface area contributed by atoms with Crippen molar-refractivity contribution in [1.82, 2.24) is 9.97 Å². The number of rotatable bonds is 6. The molecule has 0 bridgehead atoms. The predicted molar refractivity (Wildman–Crippen MR) is 120 cm³/mol. The molecule has 0 saturated heterocycles. The highest BCUT2D eigenvalue weighted by Gasteiger charge is 2.28. The molecule has 6 nitrogen and oxygen atoms in total. The van der Waals surface area contributed by atoms with Crippen LogP contribution in [0.2, 0.25) is 0 Å². The van der Waals surface area contributed by atoms with Crippen molar-refractivity contribution < 1.29 is 9.53 Å². The lowest BCUT2D eigenvalue weighted by atomic mass is 10.1. The minimum atomic E-state index is -0.332. The van der Waals surface area contributed by atoms with Crippen molar-refractivity contribution in [3.63, 3.8) is 0 Å². The maximum absolute atomic E-state index is 13.0. The Bertz CT molecular complexity index is 1150. The van der Waals surface area contributed by atoms with E-state index in [1.54, 1.807) is 13.2 Å². The zero-order chi connectivity index (χ0) is 21.3. The number of aromatic nitrogens is 2. The minimum absolute atomic E-state index is 0.313. The fourth-order valence-electron chi connectivity index (χ4n) is 3.19. The summed E-state index contributed by atoms with van der Waals surface area (Å²) >= 11 is 2.80. The number of thioether (sulfide) groups is 1. The molecular formula is C22H20N4O2S2. The van der Waals surface area contributed by atoms with Gasteiger partial charge < -0.3 is 4.74 Å². The van der Waals surface area contributed by atoms with Gasteiger partial charge in [0.25, 0.3) is 5.91 Å². The van der Waals surface area contributed by atoms with Crippen LogP contribution < -0.4 is 10.1 Å². The van der Waals surface area contributed by atoms with Crippen LogP contribution in [0.15, 0.2) is 35.4 Å². The molecule has 0 unspecified atom stereocenters.